The molecule has 0 saturated carbocycles. The molecule has 21 heavy (non-hydrogen) atoms. The minimum atomic E-state index is 0.547. The van der Waals surface area contributed by atoms with Crippen LogP contribution in [0, 0.1) is 11.3 Å². The first-order valence-electron chi connectivity index (χ1n) is 7.47. The van der Waals surface area contributed by atoms with Gasteiger partial charge < -0.3 is 9.80 Å². The minimum Gasteiger partial charge on any atom is -0.374 e. The third-order valence-corrected chi connectivity index (χ3v) is 3.86. The van der Waals surface area contributed by atoms with Crippen LogP contribution in [0.25, 0.3) is 0 Å². The second-order valence-corrected chi connectivity index (χ2v) is 5.58. The van der Waals surface area contributed by atoms with Crippen molar-refractivity contribution in [3.63, 3.8) is 0 Å². The lowest BCUT2D eigenvalue weighted by atomic mass is 10.2. The number of anilines is 1. The van der Waals surface area contributed by atoms with E-state index >= 15 is 0 Å². The van der Waals surface area contributed by atoms with Crippen molar-refractivity contribution in [2.45, 2.75) is 6.42 Å². The zero-order chi connectivity index (χ0) is 15.1. The Bertz CT molecular complexity index is 494. The Morgan fingerprint density at radius 2 is 2.00 bits per heavy atom. The van der Waals surface area contributed by atoms with Crippen molar-refractivity contribution < 1.29 is 4.90 Å². The summed E-state index contributed by atoms with van der Waals surface area (Å²) in [4.78, 5) is 3.67. The summed E-state index contributed by atoms with van der Waals surface area (Å²) in [5.41, 5.74) is 2.24. The largest absolute Gasteiger partial charge is 0.374 e. The number of nitriles is 1. The van der Waals surface area contributed by atoms with E-state index < -0.39 is 0 Å². The topological polar surface area (TPSA) is 47.1 Å². The molecule has 0 bridgehead atoms. The monoisotopic (exact) mass is 286 g/mol. The van der Waals surface area contributed by atoms with E-state index in [1.807, 2.05) is 13.3 Å². The molecular weight excluding hydrogens is 262 g/mol. The van der Waals surface area contributed by atoms with E-state index in [4.69, 9.17) is 5.26 Å². The number of nitrogens with zero attached hydrogens (tertiary/aromatic N) is 4. The first-order valence-corrected chi connectivity index (χ1v) is 7.47. The average Bonchev–Trinajstić information content (AvgIpc) is 2.52. The van der Waals surface area contributed by atoms with Crippen molar-refractivity contribution in [1.82, 2.24) is 5.01 Å². The van der Waals surface area contributed by atoms with Gasteiger partial charge in [-0.25, -0.2) is 0 Å². The van der Waals surface area contributed by atoms with Crippen molar-refractivity contribution in [1.29, 1.82) is 5.26 Å². The molecule has 0 unspecified atom stereocenters. The van der Waals surface area contributed by atoms with Crippen LogP contribution in [0.4, 0.5) is 5.69 Å². The predicted octanol–water partition coefficient (Wildman–Crippen LogP) is 0.201. The summed E-state index contributed by atoms with van der Waals surface area (Å²) in [5.74, 6) is 0. The van der Waals surface area contributed by atoms with Crippen molar-refractivity contribution >= 4 is 11.9 Å². The smallest absolute Gasteiger partial charge is 0.0964 e. The fraction of sp³-hybridized carbons (Fsp3) is 0.500. The van der Waals surface area contributed by atoms with Gasteiger partial charge in [-0.15, -0.1) is 0 Å². The molecule has 0 aromatic heterocycles. The molecule has 1 saturated heterocycles. The van der Waals surface area contributed by atoms with Crippen LogP contribution < -0.4 is 9.80 Å². The van der Waals surface area contributed by atoms with Gasteiger partial charge >= 0.3 is 0 Å². The molecule has 5 nitrogen and oxygen atoms in total. The summed E-state index contributed by atoms with van der Waals surface area (Å²) in [6.45, 7) is 5.11. The number of likely N-dealkylation sites (N-methyl/N-ethyl adjacent to an activating group) is 1. The lowest BCUT2D eigenvalue weighted by Crippen LogP contribution is -3.11. The molecule has 1 aliphatic rings. The van der Waals surface area contributed by atoms with Crippen molar-refractivity contribution in [2.24, 2.45) is 5.10 Å². The summed E-state index contributed by atoms with van der Waals surface area (Å²) in [5, 5.41) is 15.3. The summed E-state index contributed by atoms with van der Waals surface area (Å²) < 4.78 is 0. The summed E-state index contributed by atoms with van der Waals surface area (Å²) in [7, 11) is 4.23. The number of hydrogen-bond acceptors (Lipinski definition) is 4. The van der Waals surface area contributed by atoms with Crippen molar-refractivity contribution in [3.05, 3.63) is 29.8 Å². The van der Waals surface area contributed by atoms with Gasteiger partial charge in [0.1, 0.15) is 0 Å². The van der Waals surface area contributed by atoms with E-state index in [-0.39, 0.29) is 0 Å². The zero-order valence-corrected chi connectivity index (χ0v) is 12.9. The predicted molar refractivity (Wildman–Crippen MR) is 85.7 cm³/mol. The Morgan fingerprint density at radius 3 is 2.62 bits per heavy atom. The van der Waals surface area contributed by atoms with Crippen LogP contribution in [0.3, 0.4) is 0 Å². The number of hydrogen-bond donors (Lipinski definition) is 1. The Hall–Kier alpha value is -2.06. The molecule has 1 aliphatic heterocycles. The standard InChI is InChI=1S/C16H23N5/c1-19-10-12-21(13-11-19)18-14-15-4-6-16(7-5-15)20(2)9-3-8-17/h4-7,14H,3,9-13H2,1-2H3/p+1/b18-14-. The van der Waals surface area contributed by atoms with Gasteiger partial charge in [0.2, 0.25) is 0 Å². The number of rotatable bonds is 5. The maximum absolute atomic E-state index is 8.62. The van der Waals surface area contributed by atoms with Crippen LogP contribution in [0.2, 0.25) is 0 Å². The SMILES string of the molecule is CN(CCC#N)c1ccc(/C=N\N2CC[NH+](C)CC2)cc1. The summed E-state index contributed by atoms with van der Waals surface area (Å²) >= 11 is 0. The van der Waals surface area contributed by atoms with Gasteiger partial charge in [0.15, 0.2) is 0 Å². The number of quaternary nitrogens is 1. The van der Waals surface area contributed by atoms with Crippen LogP contribution in [0.1, 0.15) is 12.0 Å². The Labute approximate surface area is 127 Å². The lowest BCUT2D eigenvalue weighted by molar-refractivity contribution is -0.884. The normalized spacial score (nSPS) is 16.1. The molecule has 0 amide bonds. The molecule has 5 heteroatoms. The number of nitrogens with one attached hydrogen (secondary N) is 1. The van der Waals surface area contributed by atoms with E-state index in [1.54, 1.807) is 4.90 Å². The maximum Gasteiger partial charge on any atom is 0.0964 e. The molecule has 1 heterocycles. The fourth-order valence-electron chi connectivity index (χ4n) is 2.30. The van der Waals surface area contributed by atoms with Gasteiger partial charge in [-0.2, -0.15) is 10.4 Å². The van der Waals surface area contributed by atoms with Crippen LogP contribution in [0.5, 0.6) is 0 Å². The minimum absolute atomic E-state index is 0.547. The molecule has 0 spiro atoms. The fourth-order valence-corrected chi connectivity index (χ4v) is 2.30. The van der Waals surface area contributed by atoms with E-state index in [0.717, 1.165) is 44.0 Å². The van der Waals surface area contributed by atoms with Gasteiger partial charge in [-0.3, -0.25) is 5.01 Å². The van der Waals surface area contributed by atoms with Gasteiger partial charge in [-0.1, -0.05) is 12.1 Å². The molecule has 2 rings (SSSR count). The molecule has 1 aromatic rings. The second kappa shape index (κ2) is 7.65. The first-order chi connectivity index (χ1) is 10.2. The summed E-state index contributed by atoms with van der Waals surface area (Å²) in [6, 6.07) is 10.5. The van der Waals surface area contributed by atoms with E-state index in [2.05, 4.69) is 52.4 Å². The highest BCUT2D eigenvalue weighted by molar-refractivity contribution is 5.80. The molecule has 1 fully saturated rings. The Balaban J connectivity index is 1.88. The molecular formula is C16H24N5+. The quantitative estimate of drug-likeness (QED) is 0.787. The van der Waals surface area contributed by atoms with Gasteiger partial charge in [0, 0.05) is 19.3 Å². The van der Waals surface area contributed by atoms with E-state index in [9.17, 15) is 0 Å². The molecule has 0 radical (unpaired) electrons. The number of benzene rings is 1. The molecule has 1 N–H and O–H groups in total. The van der Waals surface area contributed by atoms with Crippen LogP contribution in [-0.4, -0.2) is 58.0 Å². The molecule has 1 aromatic carbocycles. The lowest BCUT2D eigenvalue weighted by Gasteiger charge is -2.27. The summed E-state index contributed by atoms with van der Waals surface area (Å²) in [6.07, 6.45) is 2.48. The highest BCUT2D eigenvalue weighted by Crippen LogP contribution is 2.13. The van der Waals surface area contributed by atoms with Gasteiger partial charge in [0.05, 0.1) is 51.9 Å². The van der Waals surface area contributed by atoms with E-state index in [1.165, 1.54) is 0 Å². The van der Waals surface area contributed by atoms with E-state index in [0.29, 0.717) is 6.42 Å². The third kappa shape index (κ3) is 4.76. The molecule has 0 aliphatic carbocycles. The highest BCUT2D eigenvalue weighted by atomic mass is 15.5. The second-order valence-electron chi connectivity index (χ2n) is 5.58. The first kappa shape index (κ1) is 15.3. The molecule has 112 valence electrons. The Morgan fingerprint density at radius 1 is 1.33 bits per heavy atom. The maximum atomic E-state index is 8.62. The number of piperazine rings is 1. The number of hydrazone groups is 1. The highest BCUT2D eigenvalue weighted by Gasteiger charge is 2.13. The van der Waals surface area contributed by atoms with Gasteiger partial charge in [-0.05, 0) is 17.7 Å². The van der Waals surface area contributed by atoms with Crippen LogP contribution in [-0.2, 0) is 0 Å². The van der Waals surface area contributed by atoms with Crippen LogP contribution >= 0.6 is 0 Å². The van der Waals surface area contributed by atoms with Crippen molar-refractivity contribution in [3.8, 4) is 6.07 Å². The average molecular weight is 286 g/mol. The van der Waals surface area contributed by atoms with Gasteiger partial charge in [0.25, 0.3) is 0 Å². The third-order valence-electron chi connectivity index (χ3n) is 3.86. The zero-order valence-electron chi connectivity index (χ0n) is 12.9. The Kier molecular flexibility index (Phi) is 5.59. The molecule has 0 atom stereocenters. The van der Waals surface area contributed by atoms with Crippen molar-refractivity contribution in [2.75, 3.05) is 51.7 Å². The van der Waals surface area contributed by atoms with Crippen LogP contribution in [0.15, 0.2) is 29.4 Å².